The van der Waals surface area contributed by atoms with Gasteiger partial charge in [-0.15, -0.1) is 11.8 Å². The van der Waals surface area contributed by atoms with Gasteiger partial charge in [0.2, 0.25) is 0 Å². The number of hydrogen-bond acceptors (Lipinski definition) is 4. The zero-order valence-corrected chi connectivity index (χ0v) is 13.3. The van der Waals surface area contributed by atoms with Crippen molar-refractivity contribution in [3.63, 3.8) is 0 Å². The van der Waals surface area contributed by atoms with Gasteiger partial charge in [-0.1, -0.05) is 41.6 Å². The maximum atomic E-state index is 13.3. The van der Waals surface area contributed by atoms with Gasteiger partial charge in [-0.3, -0.25) is 4.79 Å². The Morgan fingerprint density at radius 2 is 1.91 bits per heavy atom. The fourth-order valence-corrected chi connectivity index (χ4v) is 2.49. The number of carbonyl (C=O) groups is 1. The first-order valence-corrected chi connectivity index (χ1v) is 8.08. The molecule has 0 atom stereocenters. The molecule has 0 aliphatic heterocycles. The second-order valence-electron chi connectivity index (χ2n) is 4.54. The number of rotatable bonds is 8. The van der Waals surface area contributed by atoms with E-state index in [4.69, 9.17) is 4.84 Å². The minimum Gasteiger partial charge on any atom is -0.386 e. The standard InChI is InChI=1S/C17H17FN2O2S/c18-16-9-5-4-6-14(16)12-20-22-13-17(21)19-10-11-23-15-7-2-1-3-8-15/h1-9,12H,10-11,13H2,(H,19,21)/b20-12-. The van der Waals surface area contributed by atoms with E-state index in [0.29, 0.717) is 12.1 Å². The van der Waals surface area contributed by atoms with E-state index >= 15 is 0 Å². The highest BCUT2D eigenvalue weighted by molar-refractivity contribution is 7.99. The maximum Gasteiger partial charge on any atom is 0.260 e. The SMILES string of the molecule is O=C(CO/N=C\c1ccccc1F)NCCSc1ccccc1. The molecule has 120 valence electrons. The molecule has 0 fully saturated rings. The monoisotopic (exact) mass is 332 g/mol. The maximum absolute atomic E-state index is 13.3. The van der Waals surface area contributed by atoms with E-state index in [1.54, 1.807) is 30.0 Å². The van der Waals surface area contributed by atoms with Gasteiger partial charge in [0.05, 0.1) is 6.21 Å². The number of hydrogen-bond donors (Lipinski definition) is 1. The van der Waals surface area contributed by atoms with Crippen molar-refractivity contribution >= 4 is 23.9 Å². The molecule has 1 N–H and O–H groups in total. The smallest absolute Gasteiger partial charge is 0.260 e. The third-order valence-corrected chi connectivity index (χ3v) is 3.82. The van der Waals surface area contributed by atoms with Crippen molar-refractivity contribution in [1.82, 2.24) is 5.32 Å². The first kappa shape index (κ1) is 17.0. The average Bonchev–Trinajstić information content (AvgIpc) is 2.58. The lowest BCUT2D eigenvalue weighted by molar-refractivity contribution is -0.125. The Bertz CT molecular complexity index is 650. The Morgan fingerprint density at radius 1 is 1.17 bits per heavy atom. The number of nitrogens with zero attached hydrogens (tertiary/aromatic N) is 1. The summed E-state index contributed by atoms with van der Waals surface area (Å²) >= 11 is 1.66. The van der Waals surface area contributed by atoms with Crippen molar-refractivity contribution in [2.24, 2.45) is 5.16 Å². The van der Waals surface area contributed by atoms with E-state index in [9.17, 15) is 9.18 Å². The fraction of sp³-hybridized carbons (Fsp3) is 0.176. The molecule has 0 aromatic heterocycles. The fourth-order valence-electron chi connectivity index (χ4n) is 1.70. The minimum absolute atomic E-state index is 0.193. The summed E-state index contributed by atoms with van der Waals surface area (Å²) in [6.45, 7) is 0.347. The quantitative estimate of drug-likeness (QED) is 0.350. The van der Waals surface area contributed by atoms with Crippen molar-refractivity contribution in [3.05, 3.63) is 66.0 Å². The van der Waals surface area contributed by atoms with Crippen LogP contribution in [0, 0.1) is 5.82 Å². The number of oxime groups is 1. The minimum atomic E-state index is -0.387. The first-order valence-electron chi connectivity index (χ1n) is 7.10. The van der Waals surface area contributed by atoms with Crippen molar-refractivity contribution in [2.45, 2.75) is 4.90 Å². The van der Waals surface area contributed by atoms with E-state index in [-0.39, 0.29) is 18.3 Å². The summed E-state index contributed by atoms with van der Waals surface area (Å²) in [5.41, 5.74) is 0.312. The lowest BCUT2D eigenvalue weighted by Gasteiger charge is -2.04. The molecule has 0 radical (unpaired) electrons. The second kappa shape index (κ2) is 9.63. The topological polar surface area (TPSA) is 50.7 Å². The van der Waals surface area contributed by atoms with E-state index in [0.717, 1.165) is 10.6 Å². The van der Waals surface area contributed by atoms with Gasteiger partial charge in [-0.05, 0) is 18.2 Å². The summed E-state index contributed by atoms with van der Waals surface area (Å²) in [6.07, 6.45) is 1.24. The van der Waals surface area contributed by atoms with E-state index < -0.39 is 0 Å². The van der Waals surface area contributed by atoms with Gasteiger partial charge >= 0.3 is 0 Å². The highest BCUT2D eigenvalue weighted by atomic mass is 32.2. The van der Waals surface area contributed by atoms with Gasteiger partial charge in [0.1, 0.15) is 5.82 Å². The van der Waals surface area contributed by atoms with E-state index in [1.807, 2.05) is 30.3 Å². The van der Waals surface area contributed by atoms with Crippen molar-refractivity contribution in [1.29, 1.82) is 0 Å². The van der Waals surface area contributed by atoms with E-state index in [1.165, 1.54) is 12.3 Å². The molecule has 4 nitrogen and oxygen atoms in total. The molecule has 0 aliphatic rings. The second-order valence-corrected chi connectivity index (χ2v) is 5.71. The third kappa shape index (κ3) is 6.52. The molecule has 23 heavy (non-hydrogen) atoms. The molecule has 0 aliphatic carbocycles. The molecule has 0 bridgehead atoms. The lowest BCUT2D eigenvalue weighted by Crippen LogP contribution is -2.28. The summed E-state index contributed by atoms with van der Waals surface area (Å²) in [6, 6.07) is 16.1. The molecule has 0 saturated carbocycles. The number of halogens is 1. The summed E-state index contributed by atoms with van der Waals surface area (Å²) < 4.78 is 13.3. The summed E-state index contributed by atoms with van der Waals surface area (Å²) in [7, 11) is 0. The summed E-state index contributed by atoms with van der Waals surface area (Å²) in [4.78, 5) is 17.6. The van der Waals surface area contributed by atoms with Crippen molar-refractivity contribution < 1.29 is 14.0 Å². The van der Waals surface area contributed by atoms with E-state index in [2.05, 4.69) is 10.5 Å². The van der Waals surface area contributed by atoms with Crippen LogP contribution in [0.1, 0.15) is 5.56 Å². The Morgan fingerprint density at radius 3 is 2.70 bits per heavy atom. The third-order valence-electron chi connectivity index (χ3n) is 2.80. The van der Waals surface area contributed by atoms with Crippen LogP contribution in [0.5, 0.6) is 0 Å². The summed E-state index contributed by atoms with van der Waals surface area (Å²) in [5, 5.41) is 6.32. The van der Waals surface area contributed by atoms with Crippen LogP contribution in [0.4, 0.5) is 4.39 Å². The summed E-state index contributed by atoms with van der Waals surface area (Å²) in [5.74, 6) is 0.125. The molecule has 0 saturated heterocycles. The van der Waals surface area contributed by atoms with Gasteiger partial charge < -0.3 is 10.2 Å². The van der Waals surface area contributed by atoms with Gasteiger partial charge in [0.25, 0.3) is 5.91 Å². The Labute approximate surface area is 138 Å². The number of carbonyl (C=O) groups excluding carboxylic acids is 1. The van der Waals surface area contributed by atoms with Crippen molar-refractivity contribution in [3.8, 4) is 0 Å². The zero-order valence-electron chi connectivity index (χ0n) is 12.4. The van der Waals surface area contributed by atoms with Gasteiger partial charge in [-0.25, -0.2) is 4.39 Å². The van der Waals surface area contributed by atoms with Gasteiger partial charge in [0.15, 0.2) is 6.61 Å². The van der Waals surface area contributed by atoms with Crippen LogP contribution in [-0.2, 0) is 9.63 Å². The molecule has 2 rings (SSSR count). The molecule has 6 heteroatoms. The van der Waals surface area contributed by atoms with Crippen LogP contribution >= 0.6 is 11.8 Å². The molecular formula is C17H17FN2O2S. The van der Waals surface area contributed by atoms with Crippen LogP contribution < -0.4 is 5.32 Å². The molecule has 1 amide bonds. The Hall–Kier alpha value is -2.34. The molecule has 0 heterocycles. The van der Waals surface area contributed by atoms with Crippen LogP contribution in [0.2, 0.25) is 0 Å². The predicted octanol–water partition coefficient (Wildman–Crippen LogP) is 3.08. The zero-order chi connectivity index (χ0) is 16.3. The highest BCUT2D eigenvalue weighted by Gasteiger charge is 2.01. The molecule has 0 unspecified atom stereocenters. The van der Waals surface area contributed by atoms with Gasteiger partial charge in [0, 0.05) is 22.8 Å². The number of thioether (sulfide) groups is 1. The normalized spacial score (nSPS) is 10.7. The molecule has 0 spiro atoms. The van der Waals surface area contributed by atoms with Crippen LogP contribution in [0.15, 0.2) is 64.6 Å². The predicted molar refractivity (Wildman–Crippen MR) is 90.1 cm³/mol. The Kier molecular flexibility index (Phi) is 7.13. The first-order chi connectivity index (χ1) is 11.3. The molecule has 2 aromatic carbocycles. The average molecular weight is 332 g/mol. The number of amides is 1. The lowest BCUT2D eigenvalue weighted by atomic mass is 10.2. The van der Waals surface area contributed by atoms with Gasteiger partial charge in [-0.2, -0.15) is 0 Å². The van der Waals surface area contributed by atoms with Crippen LogP contribution in [-0.4, -0.2) is 31.0 Å². The van der Waals surface area contributed by atoms with Crippen molar-refractivity contribution in [2.75, 3.05) is 18.9 Å². The highest BCUT2D eigenvalue weighted by Crippen LogP contribution is 2.15. The largest absolute Gasteiger partial charge is 0.386 e. The molecule has 2 aromatic rings. The van der Waals surface area contributed by atoms with Crippen LogP contribution in [0.25, 0.3) is 0 Å². The number of benzene rings is 2. The molecular weight excluding hydrogens is 315 g/mol. The Balaban J connectivity index is 1.59. The van der Waals surface area contributed by atoms with Crippen LogP contribution in [0.3, 0.4) is 0 Å². The number of nitrogens with one attached hydrogen (secondary N) is 1.